The van der Waals surface area contributed by atoms with E-state index in [4.69, 9.17) is 4.74 Å². The van der Waals surface area contributed by atoms with Crippen LogP contribution in [0.3, 0.4) is 0 Å². The lowest BCUT2D eigenvalue weighted by atomic mass is 10.2. The van der Waals surface area contributed by atoms with Crippen LogP contribution in [-0.2, 0) is 4.74 Å². The maximum absolute atomic E-state index is 5.24. The molecule has 0 spiro atoms. The van der Waals surface area contributed by atoms with Crippen molar-refractivity contribution in [3.8, 4) is 0 Å². The zero-order chi connectivity index (χ0) is 19.1. The van der Waals surface area contributed by atoms with Crippen molar-refractivity contribution in [1.29, 1.82) is 0 Å². The van der Waals surface area contributed by atoms with Crippen molar-refractivity contribution < 1.29 is 4.74 Å². The molecule has 2 N–H and O–H groups in total. The van der Waals surface area contributed by atoms with E-state index in [1.54, 1.807) is 7.11 Å². The summed E-state index contributed by atoms with van der Waals surface area (Å²) in [5.41, 5.74) is 1.27. The highest BCUT2D eigenvalue weighted by Crippen LogP contribution is 2.28. The van der Waals surface area contributed by atoms with Crippen molar-refractivity contribution in [3.05, 3.63) is 28.7 Å². The number of hydrogen-bond donors (Lipinski definition) is 2. The van der Waals surface area contributed by atoms with Gasteiger partial charge in [0.1, 0.15) is 0 Å². The fourth-order valence-corrected chi connectivity index (χ4v) is 4.57. The van der Waals surface area contributed by atoms with Crippen LogP contribution in [0.4, 0.5) is 5.69 Å². The second kappa shape index (κ2) is 10.3. The van der Waals surface area contributed by atoms with E-state index in [1.807, 2.05) is 7.05 Å². The average molecular weight is 438 g/mol. The van der Waals surface area contributed by atoms with Crippen LogP contribution in [0.15, 0.2) is 33.7 Å². The number of nitrogens with zero attached hydrogens (tertiary/aromatic N) is 3. The SMILES string of the molecule is CN=C(NCC1CCCN1CCOC)NC1CCN(c2ccccc2Br)C1. The van der Waals surface area contributed by atoms with Gasteiger partial charge in [0.15, 0.2) is 5.96 Å². The normalized spacial score (nSPS) is 23.8. The number of methoxy groups -OCH3 is 1. The number of para-hydroxylation sites is 1. The van der Waals surface area contributed by atoms with Crippen molar-refractivity contribution in [3.63, 3.8) is 0 Å². The Bertz CT molecular complexity index is 626. The first-order valence-electron chi connectivity index (χ1n) is 9.91. The lowest BCUT2D eigenvalue weighted by Crippen LogP contribution is -2.48. The number of anilines is 1. The largest absolute Gasteiger partial charge is 0.383 e. The summed E-state index contributed by atoms with van der Waals surface area (Å²) >= 11 is 3.67. The summed E-state index contributed by atoms with van der Waals surface area (Å²) in [6.45, 7) is 5.97. The molecule has 27 heavy (non-hydrogen) atoms. The molecule has 2 aliphatic rings. The van der Waals surface area contributed by atoms with E-state index in [-0.39, 0.29) is 0 Å². The molecule has 2 fully saturated rings. The highest BCUT2D eigenvalue weighted by Gasteiger charge is 2.26. The Morgan fingerprint density at radius 1 is 1.30 bits per heavy atom. The molecular weight excluding hydrogens is 406 g/mol. The van der Waals surface area contributed by atoms with Gasteiger partial charge in [-0.3, -0.25) is 9.89 Å². The molecule has 7 heteroatoms. The molecule has 0 aromatic heterocycles. The highest BCUT2D eigenvalue weighted by molar-refractivity contribution is 9.10. The van der Waals surface area contributed by atoms with Crippen LogP contribution in [0.2, 0.25) is 0 Å². The standard InChI is InChI=1S/C20H32BrN5O/c1-22-20(23-14-17-6-5-10-25(17)12-13-27-2)24-16-9-11-26(15-16)19-8-4-3-7-18(19)21/h3-4,7-8,16-17H,5-6,9-15H2,1-2H3,(H2,22,23,24). The second-order valence-electron chi connectivity index (χ2n) is 7.31. The van der Waals surface area contributed by atoms with Gasteiger partial charge in [-0.05, 0) is 53.9 Å². The van der Waals surface area contributed by atoms with Crippen LogP contribution in [0.5, 0.6) is 0 Å². The van der Waals surface area contributed by atoms with E-state index in [9.17, 15) is 0 Å². The Balaban J connectivity index is 1.46. The van der Waals surface area contributed by atoms with Gasteiger partial charge in [0, 0.05) is 56.9 Å². The molecule has 0 amide bonds. The second-order valence-corrected chi connectivity index (χ2v) is 8.16. The fraction of sp³-hybridized carbons (Fsp3) is 0.650. The molecule has 150 valence electrons. The Morgan fingerprint density at radius 2 is 2.15 bits per heavy atom. The van der Waals surface area contributed by atoms with Gasteiger partial charge in [-0.25, -0.2) is 0 Å². The predicted octanol–water partition coefficient (Wildman–Crippen LogP) is 2.30. The van der Waals surface area contributed by atoms with Gasteiger partial charge in [0.2, 0.25) is 0 Å². The third-order valence-electron chi connectivity index (χ3n) is 5.53. The summed E-state index contributed by atoms with van der Waals surface area (Å²) in [4.78, 5) is 9.39. The number of nitrogens with one attached hydrogen (secondary N) is 2. The third kappa shape index (κ3) is 5.59. The van der Waals surface area contributed by atoms with Crippen molar-refractivity contribution in [2.75, 3.05) is 58.4 Å². The molecule has 3 rings (SSSR count). The number of likely N-dealkylation sites (tertiary alicyclic amines) is 1. The van der Waals surface area contributed by atoms with Crippen LogP contribution in [-0.4, -0.2) is 76.4 Å². The number of guanidine groups is 1. The molecule has 6 nitrogen and oxygen atoms in total. The van der Waals surface area contributed by atoms with E-state index in [2.05, 4.69) is 65.6 Å². The van der Waals surface area contributed by atoms with Gasteiger partial charge in [-0.1, -0.05) is 12.1 Å². The van der Waals surface area contributed by atoms with E-state index in [0.717, 1.165) is 49.6 Å². The van der Waals surface area contributed by atoms with Gasteiger partial charge >= 0.3 is 0 Å². The predicted molar refractivity (Wildman–Crippen MR) is 116 cm³/mol. The fourth-order valence-electron chi connectivity index (χ4n) is 4.04. The molecule has 0 radical (unpaired) electrons. The Kier molecular flexibility index (Phi) is 7.79. The Hall–Kier alpha value is -1.31. The molecule has 0 saturated carbocycles. The van der Waals surface area contributed by atoms with Gasteiger partial charge in [-0.15, -0.1) is 0 Å². The Labute approximate surface area is 171 Å². The van der Waals surface area contributed by atoms with Crippen molar-refractivity contribution >= 4 is 27.6 Å². The number of aliphatic imine (C=N–C) groups is 1. The minimum Gasteiger partial charge on any atom is -0.383 e. The lowest BCUT2D eigenvalue weighted by molar-refractivity contribution is 0.141. The zero-order valence-electron chi connectivity index (χ0n) is 16.5. The minimum atomic E-state index is 0.413. The Morgan fingerprint density at radius 3 is 2.93 bits per heavy atom. The van der Waals surface area contributed by atoms with Crippen LogP contribution in [0.25, 0.3) is 0 Å². The summed E-state index contributed by atoms with van der Waals surface area (Å²) in [6.07, 6.45) is 3.63. The van der Waals surface area contributed by atoms with E-state index in [1.165, 1.54) is 25.1 Å². The van der Waals surface area contributed by atoms with Gasteiger partial charge in [0.05, 0.1) is 12.3 Å². The number of halogens is 1. The summed E-state index contributed by atoms with van der Waals surface area (Å²) in [6, 6.07) is 9.42. The summed E-state index contributed by atoms with van der Waals surface area (Å²) in [5, 5.41) is 7.14. The summed E-state index contributed by atoms with van der Waals surface area (Å²) < 4.78 is 6.39. The van der Waals surface area contributed by atoms with E-state index >= 15 is 0 Å². The minimum absolute atomic E-state index is 0.413. The molecule has 2 aliphatic heterocycles. The van der Waals surface area contributed by atoms with Gasteiger partial charge < -0.3 is 20.3 Å². The average Bonchev–Trinajstić information content (AvgIpc) is 3.33. The lowest BCUT2D eigenvalue weighted by Gasteiger charge is -2.26. The molecule has 2 atom stereocenters. The topological polar surface area (TPSA) is 52.1 Å². The number of ether oxygens (including phenoxy) is 1. The first-order chi connectivity index (χ1) is 13.2. The zero-order valence-corrected chi connectivity index (χ0v) is 18.0. The number of hydrogen-bond acceptors (Lipinski definition) is 4. The van der Waals surface area contributed by atoms with Gasteiger partial charge in [0.25, 0.3) is 0 Å². The van der Waals surface area contributed by atoms with Crippen LogP contribution in [0, 0.1) is 0 Å². The first kappa shape index (κ1) is 20.4. The van der Waals surface area contributed by atoms with Crippen molar-refractivity contribution in [2.45, 2.75) is 31.3 Å². The van der Waals surface area contributed by atoms with E-state index < -0.39 is 0 Å². The monoisotopic (exact) mass is 437 g/mol. The van der Waals surface area contributed by atoms with Crippen LogP contribution in [0.1, 0.15) is 19.3 Å². The van der Waals surface area contributed by atoms with Crippen LogP contribution >= 0.6 is 15.9 Å². The molecule has 0 aliphatic carbocycles. The highest BCUT2D eigenvalue weighted by atomic mass is 79.9. The molecule has 2 saturated heterocycles. The summed E-state index contributed by atoms with van der Waals surface area (Å²) in [5.74, 6) is 0.910. The molecular formula is C20H32BrN5O. The maximum Gasteiger partial charge on any atom is 0.191 e. The molecule has 0 bridgehead atoms. The first-order valence-corrected chi connectivity index (χ1v) is 10.7. The van der Waals surface area contributed by atoms with Crippen LogP contribution < -0.4 is 15.5 Å². The molecule has 2 heterocycles. The maximum atomic E-state index is 5.24. The quantitative estimate of drug-likeness (QED) is 0.506. The summed E-state index contributed by atoms with van der Waals surface area (Å²) in [7, 11) is 3.63. The molecule has 2 unspecified atom stereocenters. The van der Waals surface area contributed by atoms with Crippen molar-refractivity contribution in [2.24, 2.45) is 4.99 Å². The third-order valence-corrected chi connectivity index (χ3v) is 6.20. The number of benzene rings is 1. The van der Waals surface area contributed by atoms with Gasteiger partial charge in [-0.2, -0.15) is 0 Å². The molecule has 1 aromatic carbocycles. The van der Waals surface area contributed by atoms with E-state index in [0.29, 0.717) is 12.1 Å². The smallest absolute Gasteiger partial charge is 0.191 e. The molecule has 1 aromatic rings. The van der Waals surface area contributed by atoms with Crippen molar-refractivity contribution in [1.82, 2.24) is 15.5 Å². The number of rotatable bonds is 7.